The lowest BCUT2D eigenvalue weighted by molar-refractivity contribution is 0.414. The fourth-order valence-electron chi connectivity index (χ4n) is 3.10. The number of ether oxygens (including phenoxy) is 1. The van der Waals surface area contributed by atoms with E-state index >= 15 is 0 Å². The van der Waals surface area contributed by atoms with Crippen molar-refractivity contribution >= 4 is 34.8 Å². The van der Waals surface area contributed by atoms with Crippen LogP contribution in [-0.2, 0) is 0 Å². The number of hydrogen-bond donors (Lipinski definition) is 1. The van der Waals surface area contributed by atoms with E-state index in [1.165, 1.54) is 0 Å². The largest absolute Gasteiger partial charge is 0.497 e. The summed E-state index contributed by atoms with van der Waals surface area (Å²) in [7, 11) is 1.63. The molecule has 4 rings (SSSR count). The average Bonchev–Trinajstić information content (AvgIpc) is 3.04. The topological polar surface area (TPSA) is 77.2 Å². The highest BCUT2D eigenvalue weighted by Crippen LogP contribution is 2.27. The molecule has 0 spiro atoms. The van der Waals surface area contributed by atoms with Crippen molar-refractivity contribution in [2.75, 3.05) is 12.5 Å². The van der Waals surface area contributed by atoms with Gasteiger partial charge in [0.15, 0.2) is 17.0 Å². The summed E-state index contributed by atoms with van der Waals surface area (Å²) in [5, 5.41) is 4.40. The van der Waals surface area contributed by atoms with Crippen LogP contribution in [0.3, 0.4) is 0 Å². The molecule has 2 aromatic carbocycles. The van der Waals surface area contributed by atoms with E-state index < -0.39 is 0 Å². The van der Waals surface area contributed by atoms with Crippen LogP contribution in [0.5, 0.6) is 5.75 Å². The summed E-state index contributed by atoms with van der Waals surface area (Å²) in [6.45, 7) is 3.93. The zero-order valence-electron chi connectivity index (χ0n) is 16.2. The normalized spacial score (nSPS) is 11.3. The first-order chi connectivity index (χ1) is 14.0. The molecule has 0 fully saturated rings. The summed E-state index contributed by atoms with van der Waals surface area (Å²) < 4.78 is 7.24. The van der Waals surface area contributed by atoms with Crippen LogP contribution in [-0.4, -0.2) is 32.8 Å². The van der Waals surface area contributed by atoms with Gasteiger partial charge in [-0.1, -0.05) is 35.9 Å². The Morgan fingerprint density at radius 1 is 1.07 bits per heavy atom. The van der Waals surface area contributed by atoms with Crippen molar-refractivity contribution in [3.63, 3.8) is 0 Å². The van der Waals surface area contributed by atoms with Gasteiger partial charge in [0, 0.05) is 6.07 Å². The number of imidazole rings is 1. The molecular weight excluding hydrogens is 388 g/mol. The first-order valence-corrected chi connectivity index (χ1v) is 9.35. The van der Waals surface area contributed by atoms with Gasteiger partial charge in [-0.2, -0.15) is 15.1 Å². The van der Waals surface area contributed by atoms with Gasteiger partial charge in [0.1, 0.15) is 11.6 Å². The molecule has 8 heteroatoms. The third-order valence-corrected chi connectivity index (χ3v) is 4.55. The van der Waals surface area contributed by atoms with Crippen molar-refractivity contribution in [1.29, 1.82) is 0 Å². The lowest BCUT2D eigenvalue weighted by Crippen LogP contribution is -2.01. The summed E-state index contributed by atoms with van der Waals surface area (Å²) in [5.74, 6) is 1.93. The molecule has 0 aliphatic carbocycles. The van der Waals surface area contributed by atoms with Crippen LogP contribution in [0.25, 0.3) is 16.9 Å². The summed E-state index contributed by atoms with van der Waals surface area (Å²) >= 11 is 6.19. The number of nitrogens with one attached hydrogen (secondary N) is 1. The Morgan fingerprint density at radius 3 is 2.69 bits per heavy atom. The number of halogens is 1. The predicted octanol–water partition coefficient (Wildman–Crippen LogP) is 4.54. The van der Waals surface area contributed by atoms with Gasteiger partial charge in [0.25, 0.3) is 0 Å². The maximum atomic E-state index is 6.19. The second kappa shape index (κ2) is 7.89. The van der Waals surface area contributed by atoms with Crippen molar-refractivity contribution < 1.29 is 4.74 Å². The summed E-state index contributed by atoms with van der Waals surface area (Å²) in [4.78, 5) is 13.3. The molecule has 29 heavy (non-hydrogen) atoms. The Balaban J connectivity index is 1.74. The highest BCUT2D eigenvalue weighted by Gasteiger charge is 2.17. The van der Waals surface area contributed by atoms with Crippen molar-refractivity contribution in [3.8, 4) is 11.4 Å². The number of methoxy groups -OCH3 is 1. The quantitative estimate of drug-likeness (QED) is 0.299. The smallest absolute Gasteiger partial charge is 0.226 e. The van der Waals surface area contributed by atoms with E-state index in [0.29, 0.717) is 17.0 Å². The third kappa shape index (κ3) is 3.90. The summed E-state index contributed by atoms with van der Waals surface area (Å²) in [6.07, 6.45) is 1.72. The number of aromatic nitrogens is 4. The minimum Gasteiger partial charge on any atom is -0.497 e. The second-order valence-electron chi connectivity index (χ2n) is 6.49. The molecule has 0 atom stereocenters. The molecule has 2 aromatic heterocycles. The summed E-state index contributed by atoms with van der Waals surface area (Å²) in [5.41, 5.74) is 7.12. The van der Waals surface area contributed by atoms with Crippen LogP contribution >= 0.6 is 11.6 Å². The van der Waals surface area contributed by atoms with E-state index in [9.17, 15) is 0 Å². The molecule has 4 aromatic rings. The van der Waals surface area contributed by atoms with E-state index in [0.717, 1.165) is 28.4 Å². The van der Waals surface area contributed by atoms with Gasteiger partial charge in [0.05, 0.1) is 19.0 Å². The minimum absolute atomic E-state index is 0.106. The lowest BCUT2D eigenvalue weighted by Gasteiger charge is -2.08. The van der Waals surface area contributed by atoms with Gasteiger partial charge in [0.2, 0.25) is 5.28 Å². The Hall–Kier alpha value is -3.45. The molecule has 0 unspecified atom stereocenters. The number of rotatable bonds is 5. The van der Waals surface area contributed by atoms with Gasteiger partial charge in [-0.3, -0.25) is 9.99 Å². The van der Waals surface area contributed by atoms with Crippen LogP contribution < -0.4 is 10.2 Å². The van der Waals surface area contributed by atoms with Gasteiger partial charge < -0.3 is 4.74 Å². The van der Waals surface area contributed by atoms with Gasteiger partial charge in [-0.05, 0) is 43.1 Å². The minimum atomic E-state index is 0.106. The molecule has 0 saturated heterocycles. The number of nitrogens with zero attached hydrogens (tertiary/aromatic N) is 5. The van der Waals surface area contributed by atoms with Crippen LogP contribution in [0, 0.1) is 13.8 Å². The van der Waals surface area contributed by atoms with Crippen molar-refractivity contribution in [1.82, 2.24) is 19.5 Å². The SMILES string of the molecule is COc1cccc(-n2c(C)nc3c(NN=Cc4cccc(C)c4)nc(Cl)nc32)c1. The number of anilines is 1. The van der Waals surface area contributed by atoms with E-state index in [4.69, 9.17) is 16.3 Å². The first-order valence-electron chi connectivity index (χ1n) is 8.98. The molecular formula is C21H19ClN6O. The molecule has 0 radical (unpaired) electrons. The van der Waals surface area contributed by atoms with Gasteiger partial charge >= 0.3 is 0 Å². The van der Waals surface area contributed by atoms with Gasteiger partial charge in [-0.15, -0.1) is 0 Å². The Labute approximate surface area is 173 Å². The molecule has 2 heterocycles. The first kappa shape index (κ1) is 18.9. The number of hydrogen-bond acceptors (Lipinski definition) is 6. The van der Waals surface area contributed by atoms with Crippen LogP contribution in [0.4, 0.5) is 5.82 Å². The molecule has 0 amide bonds. The fraction of sp³-hybridized carbons (Fsp3) is 0.143. The summed E-state index contributed by atoms with van der Waals surface area (Å²) in [6, 6.07) is 15.7. The second-order valence-corrected chi connectivity index (χ2v) is 6.83. The van der Waals surface area contributed by atoms with Crippen LogP contribution in [0.15, 0.2) is 53.6 Å². The number of hydrazone groups is 1. The zero-order chi connectivity index (χ0) is 20.4. The molecule has 0 bridgehead atoms. The van der Waals surface area contributed by atoms with Crippen LogP contribution in [0.1, 0.15) is 17.0 Å². The number of fused-ring (bicyclic) bond motifs is 1. The van der Waals surface area contributed by atoms with E-state index in [1.807, 2.05) is 66.9 Å². The standard InChI is InChI=1S/C21H19ClN6O/c1-13-6-4-7-15(10-13)12-23-27-19-18-20(26-21(22)25-19)28(14(2)24-18)16-8-5-9-17(11-16)29-3/h4-12H,1-3H3,(H,25,26,27). The lowest BCUT2D eigenvalue weighted by atomic mass is 10.2. The Morgan fingerprint density at radius 2 is 1.90 bits per heavy atom. The zero-order valence-corrected chi connectivity index (χ0v) is 17.0. The molecule has 0 aliphatic heterocycles. The van der Waals surface area contributed by atoms with Crippen molar-refractivity contribution in [2.24, 2.45) is 5.10 Å². The van der Waals surface area contributed by atoms with E-state index in [2.05, 4.69) is 25.5 Å². The predicted molar refractivity (Wildman–Crippen MR) is 115 cm³/mol. The maximum absolute atomic E-state index is 6.19. The van der Waals surface area contributed by atoms with Crippen LogP contribution in [0.2, 0.25) is 5.28 Å². The maximum Gasteiger partial charge on any atom is 0.226 e. The monoisotopic (exact) mass is 406 g/mol. The highest BCUT2D eigenvalue weighted by atomic mass is 35.5. The molecule has 146 valence electrons. The average molecular weight is 407 g/mol. The Kier molecular flexibility index (Phi) is 5.14. The third-order valence-electron chi connectivity index (χ3n) is 4.39. The molecule has 0 saturated carbocycles. The van der Waals surface area contributed by atoms with E-state index in [1.54, 1.807) is 13.3 Å². The van der Waals surface area contributed by atoms with Crippen molar-refractivity contribution in [2.45, 2.75) is 13.8 Å². The molecule has 7 nitrogen and oxygen atoms in total. The number of benzene rings is 2. The Bertz CT molecular complexity index is 1220. The highest BCUT2D eigenvalue weighted by molar-refractivity contribution is 6.28. The fourth-order valence-corrected chi connectivity index (χ4v) is 3.26. The van der Waals surface area contributed by atoms with Gasteiger partial charge in [-0.25, -0.2) is 4.98 Å². The molecule has 0 aliphatic rings. The molecule has 1 N–H and O–H groups in total. The number of aryl methyl sites for hydroxylation is 2. The van der Waals surface area contributed by atoms with E-state index in [-0.39, 0.29) is 5.28 Å². The van der Waals surface area contributed by atoms with Crippen molar-refractivity contribution in [3.05, 3.63) is 70.8 Å².